The predicted octanol–water partition coefficient (Wildman–Crippen LogP) is 0.601. The molecule has 0 amide bonds. The van der Waals surface area contributed by atoms with Gasteiger partial charge >= 0.3 is 0 Å². The van der Waals surface area contributed by atoms with Crippen molar-refractivity contribution in [2.24, 2.45) is 5.73 Å². The van der Waals surface area contributed by atoms with E-state index in [0.29, 0.717) is 39.1 Å². The van der Waals surface area contributed by atoms with Crippen LogP contribution in [0.4, 0.5) is 0 Å². The molecule has 0 fully saturated rings. The van der Waals surface area contributed by atoms with Gasteiger partial charge in [0.05, 0.1) is 70.2 Å². The van der Waals surface area contributed by atoms with E-state index < -0.39 is 5.54 Å². The third-order valence-corrected chi connectivity index (χ3v) is 2.29. The van der Waals surface area contributed by atoms with E-state index in [9.17, 15) is 0 Å². The molecule has 0 aliphatic heterocycles. The average molecular weight is 282 g/mol. The van der Waals surface area contributed by atoms with Gasteiger partial charge in [0.15, 0.2) is 0 Å². The molecule has 7 heteroatoms. The van der Waals surface area contributed by atoms with E-state index in [1.165, 1.54) is 6.21 Å². The van der Waals surface area contributed by atoms with Crippen LogP contribution in [0.2, 0.25) is 0 Å². The Morgan fingerprint density at radius 2 is 1.40 bits per heavy atom. The van der Waals surface area contributed by atoms with E-state index in [1.807, 2.05) is 12.1 Å². The highest BCUT2D eigenvalue weighted by molar-refractivity contribution is 5.52. The first-order valence-electron chi connectivity index (χ1n) is 6.43. The van der Waals surface area contributed by atoms with Gasteiger partial charge in [0.2, 0.25) is 0 Å². The zero-order chi connectivity index (χ0) is 15.1. The zero-order valence-electron chi connectivity index (χ0n) is 11.6. The van der Waals surface area contributed by atoms with Crippen LogP contribution in [-0.2, 0) is 14.2 Å². The number of nitrogens with two attached hydrogens (primary N) is 1. The molecule has 0 aromatic heterocycles. The maximum absolute atomic E-state index is 8.43. The van der Waals surface area contributed by atoms with Gasteiger partial charge in [0.1, 0.15) is 0 Å². The van der Waals surface area contributed by atoms with Crippen molar-refractivity contribution in [3.63, 3.8) is 0 Å². The van der Waals surface area contributed by atoms with Gasteiger partial charge < -0.3 is 25.4 Å². The molecule has 0 radical (unpaired) electrons. The van der Waals surface area contributed by atoms with Crippen molar-refractivity contribution in [1.82, 2.24) is 0 Å². The highest BCUT2D eigenvalue weighted by Crippen LogP contribution is 2.05. The van der Waals surface area contributed by atoms with E-state index >= 15 is 0 Å². The SMILES string of the molecule is N#CCCOCC(N)(COCCC#N)COCCC=N. The minimum atomic E-state index is -0.813. The molecular formula is C13H22N4O3. The molecular weight excluding hydrogens is 260 g/mol. The molecule has 0 aromatic carbocycles. The summed E-state index contributed by atoms with van der Waals surface area (Å²) >= 11 is 0. The van der Waals surface area contributed by atoms with Crippen LogP contribution in [0.25, 0.3) is 0 Å². The first-order chi connectivity index (χ1) is 9.68. The van der Waals surface area contributed by atoms with Gasteiger partial charge in [-0.15, -0.1) is 0 Å². The smallest absolute Gasteiger partial charge is 0.0865 e. The van der Waals surface area contributed by atoms with E-state index in [2.05, 4.69) is 0 Å². The highest BCUT2D eigenvalue weighted by atomic mass is 16.5. The second-order valence-corrected chi connectivity index (χ2v) is 4.33. The summed E-state index contributed by atoms with van der Waals surface area (Å²) in [5, 5.41) is 23.8. The van der Waals surface area contributed by atoms with Crippen LogP contribution >= 0.6 is 0 Å². The first-order valence-corrected chi connectivity index (χ1v) is 6.43. The topological polar surface area (TPSA) is 125 Å². The van der Waals surface area contributed by atoms with Crippen LogP contribution < -0.4 is 5.73 Å². The van der Waals surface area contributed by atoms with Gasteiger partial charge in [-0.1, -0.05) is 0 Å². The third kappa shape index (κ3) is 10.4. The fourth-order valence-electron chi connectivity index (χ4n) is 1.33. The number of ether oxygens (including phenoxy) is 3. The van der Waals surface area contributed by atoms with Gasteiger partial charge in [-0.05, 0) is 6.21 Å². The number of nitriles is 2. The maximum Gasteiger partial charge on any atom is 0.0865 e. The fourth-order valence-corrected chi connectivity index (χ4v) is 1.33. The molecule has 3 N–H and O–H groups in total. The minimum Gasteiger partial charge on any atom is -0.379 e. The van der Waals surface area contributed by atoms with Gasteiger partial charge in [0, 0.05) is 6.42 Å². The molecule has 0 saturated carbocycles. The molecule has 20 heavy (non-hydrogen) atoms. The molecule has 112 valence electrons. The van der Waals surface area contributed by atoms with Gasteiger partial charge in [0.25, 0.3) is 0 Å². The lowest BCUT2D eigenvalue weighted by molar-refractivity contribution is -0.0196. The van der Waals surface area contributed by atoms with E-state index in [-0.39, 0.29) is 19.8 Å². The Hall–Kier alpha value is -1.51. The average Bonchev–Trinajstić information content (AvgIpc) is 2.45. The van der Waals surface area contributed by atoms with Crippen LogP contribution in [0.3, 0.4) is 0 Å². The van der Waals surface area contributed by atoms with Crippen LogP contribution in [0.1, 0.15) is 19.3 Å². The number of hydrogen-bond donors (Lipinski definition) is 2. The van der Waals surface area contributed by atoms with Crippen molar-refractivity contribution < 1.29 is 14.2 Å². The zero-order valence-corrected chi connectivity index (χ0v) is 11.6. The summed E-state index contributed by atoms with van der Waals surface area (Å²) in [6.45, 7) is 1.71. The van der Waals surface area contributed by atoms with Crippen molar-refractivity contribution in [2.45, 2.75) is 24.8 Å². The standard InChI is InChI=1S/C13H22N4O3/c14-4-1-7-18-10-13(17,11-19-8-2-5-15)12-20-9-3-6-16/h4,14H,1-3,7-12,17H2. The molecule has 0 aliphatic rings. The van der Waals surface area contributed by atoms with Gasteiger partial charge in [-0.2, -0.15) is 10.5 Å². The van der Waals surface area contributed by atoms with Gasteiger partial charge in [-0.25, -0.2) is 0 Å². The Morgan fingerprint density at radius 3 is 1.80 bits per heavy atom. The molecule has 0 aliphatic carbocycles. The summed E-state index contributed by atoms with van der Waals surface area (Å²) < 4.78 is 16.1. The molecule has 0 saturated heterocycles. The summed E-state index contributed by atoms with van der Waals surface area (Å²) in [6.07, 6.45) is 2.41. The number of nitrogens with zero attached hydrogens (tertiary/aromatic N) is 2. The second kappa shape index (κ2) is 12.5. The van der Waals surface area contributed by atoms with Crippen LogP contribution in [0.5, 0.6) is 0 Å². The summed E-state index contributed by atoms with van der Waals surface area (Å²) in [5.74, 6) is 0. The molecule has 0 aromatic rings. The summed E-state index contributed by atoms with van der Waals surface area (Å²) in [5.41, 5.74) is 5.33. The number of rotatable bonds is 13. The number of hydrogen-bond acceptors (Lipinski definition) is 7. The monoisotopic (exact) mass is 282 g/mol. The Labute approximate surface area is 119 Å². The molecule has 0 bridgehead atoms. The fraction of sp³-hybridized carbons (Fsp3) is 0.769. The van der Waals surface area contributed by atoms with E-state index in [4.69, 9.17) is 35.9 Å². The van der Waals surface area contributed by atoms with Crippen molar-refractivity contribution in [3.8, 4) is 12.1 Å². The maximum atomic E-state index is 8.43. The van der Waals surface area contributed by atoms with Crippen molar-refractivity contribution in [1.29, 1.82) is 15.9 Å². The Morgan fingerprint density at radius 1 is 0.950 bits per heavy atom. The lowest BCUT2D eigenvalue weighted by Gasteiger charge is -2.28. The summed E-state index contributed by atoms with van der Waals surface area (Å²) in [4.78, 5) is 0. The van der Waals surface area contributed by atoms with E-state index in [1.54, 1.807) is 0 Å². The van der Waals surface area contributed by atoms with Crippen molar-refractivity contribution in [3.05, 3.63) is 0 Å². The largest absolute Gasteiger partial charge is 0.379 e. The van der Waals surface area contributed by atoms with Crippen molar-refractivity contribution >= 4 is 6.21 Å². The minimum absolute atomic E-state index is 0.214. The summed E-state index contributed by atoms with van der Waals surface area (Å²) in [7, 11) is 0. The second-order valence-electron chi connectivity index (χ2n) is 4.33. The molecule has 0 spiro atoms. The molecule has 0 rings (SSSR count). The third-order valence-electron chi connectivity index (χ3n) is 2.29. The summed E-state index contributed by atoms with van der Waals surface area (Å²) in [6, 6.07) is 3.97. The predicted molar refractivity (Wildman–Crippen MR) is 73.2 cm³/mol. The lowest BCUT2D eigenvalue weighted by Crippen LogP contribution is -2.53. The number of nitrogens with one attached hydrogen (secondary N) is 1. The van der Waals surface area contributed by atoms with Crippen LogP contribution in [-0.4, -0.2) is 51.4 Å². The van der Waals surface area contributed by atoms with E-state index in [0.717, 1.165) is 0 Å². The van der Waals surface area contributed by atoms with Crippen LogP contribution in [0.15, 0.2) is 0 Å². The molecule has 0 atom stereocenters. The Bertz CT molecular complexity index is 313. The highest BCUT2D eigenvalue weighted by Gasteiger charge is 2.26. The van der Waals surface area contributed by atoms with Crippen LogP contribution in [0, 0.1) is 28.1 Å². The van der Waals surface area contributed by atoms with Crippen molar-refractivity contribution in [2.75, 3.05) is 39.6 Å². The molecule has 0 unspecified atom stereocenters. The lowest BCUT2D eigenvalue weighted by atomic mass is 10.1. The quantitative estimate of drug-likeness (QED) is 0.376. The first kappa shape index (κ1) is 18.5. The Kier molecular flexibility index (Phi) is 11.6. The Balaban J connectivity index is 4.09. The molecule has 0 heterocycles. The normalized spacial score (nSPS) is 10.8. The van der Waals surface area contributed by atoms with Gasteiger partial charge in [-0.3, -0.25) is 0 Å². The molecule has 7 nitrogen and oxygen atoms in total.